The molecular formula is C23H29NO2Si. The van der Waals surface area contributed by atoms with Crippen LogP contribution in [-0.2, 0) is 14.8 Å². The predicted octanol–water partition coefficient (Wildman–Crippen LogP) is 4.16. The minimum Gasteiger partial charge on any atom is -0.403 e. The minimum absolute atomic E-state index is 0.100. The summed E-state index contributed by atoms with van der Waals surface area (Å²) in [6, 6.07) is 21.2. The van der Waals surface area contributed by atoms with Gasteiger partial charge >= 0.3 is 0 Å². The van der Waals surface area contributed by atoms with Gasteiger partial charge < -0.3 is 14.5 Å². The second-order valence-electron chi connectivity index (χ2n) is 8.02. The summed E-state index contributed by atoms with van der Waals surface area (Å²) >= 11 is 0. The van der Waals surface area contributed by atoms with Crippen molar-refractivity contribution in [3.8, 4) is 12.3 Å². The Kier molecular flexibility index (Phi) is 6.18. The summed E-state index contributed by atoms with van der Waals surface area (Å²) in [4.78, 5) is 0. The molecular weight excluding hydrogens is 350 g/mol. The molecule has 1 aliphatic heterocycles. The first-order valence-corrected chi connectivity index (χ1v) is 13.0. The Labute approximate surface area is 164 Å². The minimum atomic E-state index is -1.89. The van der Waals surface area contributed by atoms with Gasteiger partial charge in [0.15, 0.2) is 8.32 Å². The van der Waals surface area contributed by atoms with Crippen molar-refractivity contribution < 1.29 is 9.16 Å². The zero-order valence-corrected chi connectivity index (χ0v) is 17.4. The number of nitrogens with one attached hydrogen (secondary N) is 1. The summed E-state index contributed by atoms with van der Waals surface area (Å²) in [5.41, 5.74) is 1.80. The number of ether oxygens (including phenoxy) is 1. The van der Waals surface area contributed by atoms with Crippen molar-refractivity contribution in [2.45, 2.75) is 43.8 Å². The maximum Gasteiger partial charge on any atom is 0.185 e. The first-order chi connectivity index (χ1) is 13.0. The van der Waals surface area contributed by atoms with Crippen molar-refractivity contribution in [2.24, 2.45) is 0 Å². The highest BCUT2D eigenvalue weighted by atomic mass is 28.4. The standard InChI is InChI=1S/C23H29NO2Si/c1-5-16-25-21-17-22(24-18-21)23(26-27(2,3)4,19-12-8-6-9-13-19)20-14-10-7-11-15-20/h1,6-15,21-22,24H,16-18H2,2-4H3/t21?,22-/m0/s1. The maximum absolute atomic E-state index is 7.01. The van der Waals surface area contributed by atoms with Crippen LogP contribution in [0.2, 0.25) is 19.6 Å². The zero-order chi connectivity index (χ0) is 19.3. The van der Waals surface area contributed by atoms with Crippen LogP contribution in [0.25, 0.3) is 0 Å². The lowest BCUT2D eigenvalue weighted by Gasteiger charge is -2.44. The molecule has 0 bridgehead atoms. The van der Waals surface area contributed by atoms with Gasteiger partial charge in [0, 0.05) is 12.6 Å². The maximum atomic E-state index is 7.01. The van der Waals surface area contributed by atoms with E-state index in [-0.39, 0.29) is 12.1 Å². The van der Waals surface area contributed by atoms with E-state index in [1.807, 2.05) is 0 Å². The molecule has 142 valence electrons. The molecule has 1 saturated heterocycles. The average molecular weight is 380 g/mol. The van der Waals surface area contributed by atoms with Crippen molar-refractivity contribution >= 4 is 8.32 Å². The van der Waals surface area contributed by atoms with Crippen LogP contribution in [0.1, 0.15) is 17.5 Å². The second kappa shape index (κ2) is 8.41. The van der Waals surface area contributed by atoms with E-state index in [0.717, 1.165) is 13.0 Å². The highest BCUT2D eigenvalue weighted by molar-refractivity contribution is 6.69. The lowest BCUT2D eigenvalue weighted by molar-refractivity contribution is 0.0481. The molecule has 2 aromatic rings. The smallest absolute Gasteiger partial charge is 0.185 e. The summed E-state index contributed by atoms with van der Waals surface area (Å²) in [7, 11) is -1.89. The van der Waals surface area contributed by atoms with Gasteiger partial charge in [-0.15, -0.1) is 6.42 Å². The largest absolute Gasteiger partial charge is 0.403 e. The molecule has 1 heterocycles. The van der Waals surface area contributed by atoms with E-state index in [1.165, 1.54) is 11.1 Å². The van der Waals surface area contributed by atoms with Crippen LogP contribution in [0.15, 0.2) is 60.7 Å². The Morgan fingerprint density at radius 2 is 1.59 bits per heavy atom. The van der Waals surface area contributed by atoms with E-state index < -0.39 is 13.9 Å². The molecule has 27 heavy (non-hydrogen) atoms. The lowest BCUT2D eigenvalue weighted by atomic mass is 9.79. The van der Waals surface area contributed by atoms with Crippen molar-refractivity contribution in [2.75, 3.05) is 13.2 Å². The molecule has 0 saturated carbocycles. The predicted molar refractivity (Wildman–Crippen MR) is 113 cm³/mol. The summed E-state index contributed by atoms with van der Waals surface area (Å²) in [6.45, 7) is 7.86. The fourth-order valence-corrected chi connectivity index (χ4v) is 5.26. The second-order valence-corrected chi connectivity index (χ2v) is 12.4. The zero-order valence-electron chi connectivity index (χ0n) is 16.4. The Morgan fingerprint density at radius 3 is 2.07 bits per heavy atom. The fourth-order valence-electron chi connectivity index (χ4n) is 3.92. The Morgan fingerprint density at radius 1 is 1.04 bits per heavy atom. The molecule has 3 nitrogen and oxygen atoms in total. The van der Waals surface area contributed by atoms with Crippen LogP contribution in [0.5, 0.6) is 0 Å². The van der Waals surface area contributed by atoms with E-state index >= 15 is 0 Å². The van der Waals surface area contributed by atoms with Crippen molar-refractivity contribution in [3.63, 3.8) is 0 Å². The van der Waals surface area contributed by atoms with E-state index in [4.69, 9.17) is 15.6 Å². The van der Waals surface area contributed by atoms with Crippen molar-refractivity contribution in [1.29, 1.82) is 0 Å². The number of rotatable bonds is 7. The monoisotopic (exact) mass is 379 g/mol. The van der Waals surface area contributed by atoms with Gasteiger partial charge in [-0.05, 0) is 37.2 Å². The van der Waals surface area contributed by atoms with Gasteiger partial charge in [0.2, 0.25) is 0 Å². The number of terminal acetylenes is 1. The van der Waals surface area contributed by atoms with Gasteiger partial charge in [-0.2, -0.15) is 0 Å². The SMILES string of the molecule is C#CCOC1CN[C@H](C(O[Si](C)(C)C)(c2ccccc2)c2ccccc2)C1. The fraction of sp³-hybridized carbons (Fsp3) is 0.391. The molecule has 2 aromatic carbocycles. The van der Waals surface area contributed by atoms with Crippen molar-refractivity contribution in [1.82, 2.24) is 5.32 Å². The molecule has 1 unspecified atom stereocenters. The van der Waals surface area contributed by atoms with Crippen LogP contribution >= 0.6 is 0 Å². The van der Waals surface area contributed by atoms with Crippen LogP contribution in [0.3, 0.4) is 0 Å². The van der Waals surface area contributed by atoms with E-state index in [0.29, 0.717) is 6.61 Å². The van der Waals surface area contributed by atoms with E-state index in [2.05, 4.69) is 91.5 Å². The topological polar surface area (TPSA) is 30.5 Å². The van der Waals surface area contributed by atoms with Gasteiger partial charge in [0.1, 0.15) is 12.2 Å². The molecule has 0 amide bonds. The Bertz CT molecular complexity index is 725. The summed E-state index contributed by atoms with van der Waals surface area (Å²) in [5, 5.41) is 3.68. The summed E-state index contributed by atoms with van der Waals surface area (Å²) in [5.74, 6) is 2.58. The molecule has 1 N–H and O–H groups in total. The van der Waals surface area contributed by atoms with E-state index in [1.54, 1.807) is 0 Å². The Balaban J connectivity index is 2.09. The third-order valence-corrected chi connectivity index (χ3v) is 5.79. The molecule has 0 spiro atoms. The van der Waals surface area contributed by atoms with Crippen molar-refractivity contribution in [3.05, 3.63) is 71.8 Å². The summed E-state index contributed by atoms with van der Waals surface area (Å²) < 4.78 is 12.9. The molecule has 1 fully saturated rings. The van der Waals surface area contributed by atoms with Gasteiger partial charge in [-0.1, -0.05) is 66.6 Å². The van der Waals surface area contributed by atoms with Crippen LogP contribution < -0.4 is 5.32 Å². The Hall–Kier alpha value is -1.90. The number of hydrogen-bond acceptors (Lipinski definition) is 3. The molecule has 2 atom stereocenters. The molecule has 3 rings (SSSR count). The highest BCUT2D eigenvalue weighted by Gasteiger charge is 2.48. The van der Waals surface area contributed by atoms with Gasteiger partial charge in [0.05, 0.1) is 6.10 Å². The molecule has 0 radical (unpaired) electrons. The molecule has 4 heteroatoms. The van der Waals surface area contributed by atoms with Crippen LogP contribution in [0.4, 0.5) is 0 Å². The van der Waals surface area contributed by atoms with Crippen LogP contribution in [0, 0.1) is 12.3 Å². The average Bonchev–Trinajstić information content (AvgIpc) is 3.14. The van der Waals surface area contributed by atoms with Gasteiger partial charge in [-0.3, -0.25) is 0 Å². The van der Waals surface area contributed by atoms with Gasteiger partial charge in [0.25, 0.3) is 0 Å². The third-order valence-electron chi connectivity index (χ3n) is 4.86. The quantitative estimate of drug-likeness (QED) is 0.579. The number of benzene rings is 2. The third kappa shape index (κ3) is 4.51. The van der Waals surface area contributed by atoms with Crippen LogP contribution in [-0.4, -0.2) is 33.6 Å². The lowest BCUT2D eigenvalue weighted by Crippen LogP contribution is -2.53. The van der Waals surface area contributed by atoms with E-state index in [9.17, 15) is 0 Å². The first-order valence-electron chi connectivity index (χ1n) is 9.55. The molecule has 1 aliphatic rings. The molecule has 0 aromatic heterocycles. The normalized spacial score (nSPS) is 20.4. The molecule has 0 aliphatic carbocycles. The summed E-state index contributed by atoms with van der Waals surface area (Å²) in [6.07, 6.45) is 6.34. The highest BCUT2D eigenvalue weighted by Crippen LogP contribution is 2.42. The first kappa shape index (κ1) is 19.8. The van der Waals surface area contributed by atoms with Gasteiger partial charge in [-0.25, -0.2) is 0 Å². The number of hydrogen-bond donors (Lipinski definition) is 1.